The van der Waals surface area contributed by atoms with Gasteiger partial charge in [0.25, 0.3) is 0 Å². The largest absolute Gasteiger partial charge is 0.359 e. The molecule has 15 heavy (non-hydrogen) atoms. The first kappa shape index (κ1) is 11.6. The van der Waals surface area contributed by atoms with Gasteiger partial charge in [0.05, 0.1) is 6.54 Å². The van der Waals surface area contributed by atoms with E-state index in [1.807, 2.05) is 19.2 Å². The van der Waals surface area contributed by atoms with Gasteiger partial charge in [0.2, 0.25) is 0 Å². The first-order chi connectivity index (χ1) is 7.04. The predicted molar refractivity (Wildman–Crippen MR) is 64.9 cm³/mol. The summed E-state index contributed by atoms with van der Waals surface area (Å²) in [7, 11) is 0. The molecule has 0 saturated heterocycles. The van der Waals surface area contributed by atoms with Gasteiger partial charge in [0.15, 0.2) is 0 Å². The first-order valence-electron chi connectivity index (χ1n) is 5.14. The van der Waals surface area contributed by atoms with Gasteiger partial charge in [-0.25, -0.2) is 4.98 Å². The fraction of sp³-hybridized carbons (Fsp3) is 0.462. The van der Waals surface area contributed by atoms with Gasteiger partial charge in [-0.2, -0.15) is 0 Å². The summed E-state index contributed by atoms with van der Waals surface area (Å²) in [6, 6.07) is 4.10. The Bertz CT molecular complexity index is 360. The van der Waals surface area contributed by atoms with Crippen LogP contribution in [0.2, 0.25) is 0 Å². The zero-order valence-corrected chi connectivity index (χ0v) is 9.89. The number of hydrogen-bond acceptors (Lipinski definition) is 2. The summed E-state index contributed by atoms with van der Waals surface area (Å²) >= 11 is 0. The van der Waals surface area contributed by atoms with Crippen LogP contribution in [0.1, 0.15) is 33.3 Å². The number of pyridine rings is 1. The summed E-state index contributed by atoms with van der Waals surface area (Å²) in [6.07, 6.45) is 1.92. The lowest BCUT2D eigenvalue weighted by atomic mass is 9.88. The maximum atomic E-state index is 4.34. The Labute approximate surface area is 92.1 Å². The Morgan fingerprint density at radius 2 is 2.07 bits per heavy atom. The van der Waals surface area contributed by atoms with Gasteiger partial charge in [-0.1, -0.05) is 32.8 Å². The van der Waals surface area contributed by atoms with Crippen LogP contribution >= 0.6 is 0 Å². The van der Waals surface area contributed by atoms with Crippen molar-refractivity contribution in [1.82, 2.24) is 4.98 Å². The molecule has 0 radical (unpaired) electrons. The number of hydrogen-bond donors (Lipinski definition) is 1. The third kappa shape index (κ3) is 3.63. The van der Waals surface area contributed by atoms with Crippen molar-refractivity contribution in [1.29, 1.82) is 0 Å². The molecule has 1 aromatic heterocycles. The van der Waals surface area contributed by atoms with Crippen LogP contribution in [-0.2, 0) is 5.41 Å². The molecule has 1 N–H and O–H groups in total. The van der Waals surface area contributed by atoms with Crippen LogP contribution in [-0.4, -0.2) is 11.5 Å². The highest BCUT2D eigenvalue weighted by Crippen LogP contribution is 2.21. The van der Waals surface area contributed by atoms with Crippen LogP contribution in [0.4, 0.5) is 5.82 Å². The highest BCUT2D eigenvalue weighted by molar-refractivity contribution is 5.38. The van der Waals surface area contributed by atoms with Crippen LogP contribution < -0.4 is 5.32 Å². The van der Waals surface area contributed by atoms with Gasteiger partial charge in [0, 0.05) is 6.20 Å². The Kier molecular flexibility index (Phi) is 3.74. The summed E-state index contributed by atoms with van der Waals surface area (Å²) < 4.78 is 0. The topological polar surface area (TPSA) is 24.9 Å². The van der Waals surface area contributed by atoms with Gasteiger partial charge >= 0.3 is 0 Å². The number of nitrogens with one attached hydrogen (secondary N) is 1. The SMILES string of the molecule is CC#CCNc1ccc(C(C)(C)C)cn1. The van der Waals surface area contributed by atoms with E-state index in [0.717, 1.165) is 5.82 Å². The normalized spacial score (nSPS) is 10.4. The Balaban J connectivity index is 2.67. The third-order valence-corrected chi connectivity index (χ3v) is 2.16. The summed E-state index contributed by atoms with van der Waals surface area (Å²) in [5, 5.41) is 3.14. The van der Waals surface area contributed by atoms with Crippen molar-refractivity contribution in [3.8, 4) is 11.8 Å². The van der Waals surface area contributed by atoms with Crippen molar-refractivity contribution in [2.75, 3.05) is 11.9 Å². The highest BCUT2D eigenvalue weighted by Gasteiger charge is 2.13. The quantitative estimate of drug-likeness (QED) is 0.746. The molecule has 0 spiro atoms. The molecule has 0 aliphatic rings. The summed E-state index contributed by atoms with van der Waals surface area (Å²) in [5.74, 6) is 6.65. The second kappa shape index (κ2) is 4.84. The van der Waals surface area contributed by atoms with E-state index in [4.69, 9.17) is 0 Å². The smallest absolute Gasteiger partial charge is 0.126 e. The van der Waals surface area contributed by atoms with Crippen molar-refractivity contribution in [3.05, 3.63) is 23.9 Å². The molecule has 0 bridgehead atoms. The van der Waals surface area contributed by atoms with Crippen molar-refractivity contribution in [2.24, 2.45) is 0 Å². The number of aromatic nitrogens is 1. The van der Waals surface area contributed by atoms with E-state index in [2.05, 4.69) is 49.0 Å². The minimum atomic E-state index is 0.161. The standard InChI is InChI=1S/C13H18N2/c1-5-6-9-14-12-8-7-11(10-15-12)13(2,3)4/h7-8,10H,9H2,1-4H3,(H,14,15). The molecule has 0 atom stereocenters. The lowest BCUT2D eigenvalue weighted by Gasteiger charge is -2.18. The minimum absolute atomic E-state index is 0.161. The predicted octanol–water partition coefficient (Wildman–Crippen LogP) is 2.81. The Morgan fingerprint density at radius 3 is 2.53 bits per heavy atom. The van der Waals surface area contributed by atoms with Gasteiger partial charge in [-0.3, -0.25) is 0 Å². The molecule has 0 unspecified atom stereocenters. The first-order valence-corrected chi connectivity index (χ1v) is 5.14. The molecule has 0 aliphatic carbocycles. The molecule has 1 heterocycles. The number of anilines is 1. The molecule has 1 rings (SSSR count). The van der Waals surface area contributed by atoms with E-state index in [1.165, 1.54) is 5.56 Å². The minimum Gasteiger partial charge on any atom is -0.359 e. The van der Waals surface area contributed by atoms with Crippen LogP contribution in [0.25, 0.3) is 0 Å². The summed E-state index contributed by atoms with van der Waals surface area (Å²) in [6.45, 7) is 9.02. The van der Waals surface area contributed by atoms with Crippen LogP contribution in [0.5, 0.6) is 0 Å². The molecular formula is C13H18N2. The van der Waals surface area contributed by atoms with Gasteiger partial charge in [-0.15, -0.1) is 5.92 Å². The molecule has 0 saturated carbocycles. The van der Waals surface area contributed by atoms with Crippen molar-refractivity contribution in [3.63, 3.8) is 0 Å². The molecule has 0 fully saturated rings. The molecule has 2 nitrogen and oxygen atoms in total. The van der Waals surface area contributed by atoms with E-state index in [-0.39, 0.29) is 5.41 Å². The Hall–Kier alpha value is -1.49. The van der Waals surface area contributed by atoms with Crippen LogP contribution in [0, 0.1) is 11.8 Å². The van der Waals surface area contributed by atoms with E-state index in [9.17, 15) is 0 Å². The molecule has 1 aromatic rings. The third-order valence-electron chi connectivity index (χ3n) is 2.16. The monoisotopic (exact) mass is 202 g/mol. The summed E-state index contributed by atoms with van der Waals surface area (Å²) in [5.41, 5.74) is 1.41. The zero-order chi connectivity index (χ0) is 11.3. The fourth-order valence-corrected chi connectivity index (χ4v) is 1.17. The van der Waals surface area contributed by atoms with Crippen molar-refractivity contribution >= 4 is 5.82 Å². The number of rotatable bonds is 2. The van der Waals surface area contributed by atoms with Crippen molar-refractivity contribution in [2.45, 2.75) is 33.1 Å². The average molecular weight is 202 g/mol. The van der Waals surface area contributed by atoms with Gasteiger partial charge in [0.1, 0.15) is 5.82 Å². The van der Waals surface area contributed by atoms with Crippen LogP contribution in [0.15, 0.2) is 18.3 Å². The maximum Gasteiger partial charge on any atom is 0.126 e. The highest BCUT2D eigenvalue weighted by atomic mass is 15.0. The maximum absolute atomic E-state index is 4.34. The van der Waals surface area contributed by atoms with E-state index in [1.54, 1.807) is 0 Å². The van der Waals surface area contributed by atoms with Gasteiger partial charge < -0.3 is 5.32 Å². The lowest BCUT2D eigenvalue weighted by Crippen LogP contribution is -2.11. The average Bonchev–Trinajstić information content (AvgIpc) is 2.18. The molecule has 0 aliphatic heterocycles. The number of nitrogens with zero attached hydrogens (tertiary/aromatic N) is 1. The Morgan fingerprint density at radius 1 is 1.33 bits per heavy atom. The molecule has 0 amide bonds. The van der Waals surface area contributed by atoms with Gasteiger partial charge in [-0.05, 0) is 24.0 Å². The van der Waals surface area contributed by atoms with E-state index >= 15 is 0 Å². The zero-order valence-electron chi connectivity index (χ0n) is 9.89. The molecule has 2 heteroatoms. The molecule has 0 aromatic carbocycles. The van der Waals surface area contributed by atoms with E-state index in [0.29, 0.717) is 6.54 Å². The van der Waals surface area contributed by atoms with Crippen LogP contribution in [0.3, 0.4) is 0 Å². The second-order valence-corrected chi connectivity index (χ2v) is 4.46. The molecular weight excluding hydrogens is 184 g/mol. The fourth-order valence-electron chi connectivity index (χ4n) is 1.17. The van der Waals surface area contributed by atoms with E-state index < -0.39 is 0 Å². The summed E-state index contributed by atoms with van der Waals surface area (Å²) in [4.78, 5) is 4.34. The molecule has 80 valence electrons. The van der Waals surface area contributed by atoms with Crippen molar-refractivity contribution < 1.29 is 0 Å². The lowest BCUT2D eigenvalue weighted by molar-refractivity contribution is 0.587. The second-order valence-electron chi connectivity index (χ2n) is 4.46.